The van der Waals surface area contributed by atoms with Crippen LogP contribution in [0.25, 0.3) is 0 Å². The summed E-state index contributed by atoms with van der Waals surface area (Å²) in [6.45, 7) is 12.1. The quantitative estimate of drug-likeness (QED) is 0.0222. The highest BCUT2D eigenvalue weighted by Gasteiger charge is 2.31. The smallest absolute Gasteiger partial charge is 0.462 e. The summed E-state index contributed by atoms with van der Waals surface area (Å²) in [7, 11) is -9.93. The van der Waals surface area contributed by atoms with E-state index in [9.17, 15) is 43.2 Å². The number of esters is 4. The van der Waals surface area contributed by atoms with E-state index >= 15 is 0 Å². The highest BCUT2D eigenvalue weighted by atomic mass is 31.2. The van der Waals surface area contributed by atoms with Crippen molar-refractivity contribution in [1.82, 2.24) is 0 Å². The lowest BCUT2D eigenvalue weighted by atomic mass is 10.0. The molecule has 0 amide bonds. The summed E-state index contributed by atoms with van der Waals surface area (Å²) in [4.78, 5) is 73.4. The van der Waals surface area contributed by atoms with E-state index in [0.717, 1.165) is 108 Å². The highest BCUT2D eigenvalue weighted by molar-refractivity contribution is 7.47. The number of phosphoric ester groups is 2. The van der Waals surface area contributed by atoms with Crippen molar-refractivity contribution in [3.8, 4) is 0 Å². The van der Waals surface area contributed by atoms with Gasteiger partial charge in [0.2, 0.25) is 0 Å². The zero-order chi connectivity index (χ0) is 80.0. The molecular weight excluding hydrogens is 1410 g/mol. The van der Waals surface area contributed by atoms with Crippen molar-refractivity contribution >= 4 is 39.5 Å². The van der Waals surface area contributed by atoms with E-state index in [1.807, 2.05) is 0 Å². The molecule has 19 heteroatoms. The number of ether oxygens (including phenoxy) is 4. The van der Waals surface area contributed by atoms with Crippen molar-refractivity contribution in [3.05, 3.63) is 0 Å². The number of aliphatic hydroxyl groups is 1. The van der Waals surface area contributed by atoms with Gasteiger partial charge in [0.1, 0.15) is 19.3 Å². The maximum atomic E-state index is 13.2. The van der Waals surface area contributed by atoms with Crippen LogP contribution in [0.15, 0.2) is 0 Å². The maximum Gasteiger partial charge on any atom is 0.472 e. The number of hydrogen-bond acceptors (Lipinski definition) is 15. The van der Waals surface area contributed by atoms with Crippen LogP contribution in [0.4, 0.5) is 0 Å². The molecule has 0 aromatic rings. The molecule has 109 heavy (non-hydrogen) atoms. The number of unbranched alkanes of at least 4 members (excludes halogenated alkanes) is 56. The lowest BCUT2D eigenvalue weighted by Crippen LogP contribution is -2.30. The fraction of sp³-hybridized carbons (Fsp3) is 0.956. The molecule has 0 rings (SSSR count). The lowest BCUT2D eigenvalue weighted by Gasteiger charge is -2.21. The summed E-state index contributed by atoms with van der Waals surface area (Å²) >= 11 is 0. The van der Waals surface area contributed by atoms with Gasteiger partial charge in [0.05, 0.1) is 26.4 Å². The third-order valence-corrected chi connectivity index (χ3v) is 23.0. The molecule has 3 N–H and O–H groups in total. The summed E-state index contributed by atoms with van der Waals surface area (Å²) in [6.07, 6.45) is 72.2. The molecule has 648 valence electrons. The summed E-state index contributed by atoms with van der Waals surface area (Å²) < 4.78 is 69.0. The van der Waals surface area contributed by atoms with E-state index in [2.05, 4.69) is 48.5 Å². The van der Waals surface area contributed by atoms with Crippen LogP contribution in [-0.4, -0.2) is 96.7 Å². The predicted octanol–water partition coefficient (Wildman–Crippen LogP) is 27.6. The SMILES string of the molecule is CCCCCCCCCCCCCCCC(=O)OC[C@H](COP(=O)(O)OC[C@H](O)COP(=O)(O)OC[C@@H](COC(=O)CCCCCCCCCCCCCCCCCCCCC(C)C)OC(=O)CCCCCCCCCCCCCCCCCCCCC(C)C)OC(=O)CCCCCCCCCCCCCC(C)C. The first kappa shape index (κ1) is 107. The van der Waals surface area contributed by atoms with Gasteiger partial charge in [-0.15, -0.1) is 0 Å². The maximum absolute atomic E-state index is 13.2. The molecular formula is C90H176O17P2. The molecule has 0 saturated heterocycles. The molecule has 5 atom stereocenters. The summed E-state index contributed by atoms with van der Waals surface area (Å²) in [5.74, 6) is 0.310. The minimum Gasteiger partial charge on any atom is -0.462 e. The van der Waals surface area contributed by atoms with E-state index in [4.69, 9.17) is 37.0 Å². The van der Waals surface area contributed by atoms with E-state index in [0.29, 0.717) is 25.7 Å². The molecule has 0 radical (unpaired) electrons. The average molecular weight is 1590 g/mol. The predicted molar refractivity (Wildman–Crippen MR) is 451 cm³/mol. The Morgan fingerprint density at radius 2 is 0.422 bits per heavy atom. The molecule has 0 saturated carbocycles. The molecule has 17 nitrogen and oxygen atoms in total. The van der Waals surface area contributed by atoms with Gasteiger partial charge in [-0.2, -0.15) is 0 Å². The van der Waals surface area contributed by atoms with E-state index in [-0.39, 0.29) is 25.7 Å². The van der Waals surface area contributed by atoms with Crippen LogP contribution in [0.3, 0.4) is 0 Å². The Kier molecular flexibility index (Phi) is 78.5. The van der Waals surface area contributed by atoms with Gasteiger partial charge in [-0.25, -0.2) is 9.13 Å². The van der Waals surface area contributed by atoms with Crippen molar-refractivity contribution in [2.24, 2.45) is 17.8 Å². The summed E-state index contributed by atoms with van der Waals surface area (Å²) in [6, 6.07) is 0. The molecule has 0 aliphatic carbocycles. The first-order valence-corrected chi connectivity index (χ1v) is 49.3. The Hall–Kier alpha value is -1.94. The molecule has 0 bridgehead atoms. The summed E-state index contributed by atoms with van der Waals surface area (Å²) in [5.41, 5.74) is 0. The molecule has 0 aromatic heterocycles. The molecule has 2 unspecified atom stereocenters. The topological polar surface area (TPSA) is 237 Å². The highest BCUT2D eigenvalue weighted by Crippen LogP contribution is 2.45. The Balaban J connectivity index is 5.24. The molecule has 0 spiro atoms. The Morgan fingerprint density at radius 3 is 0.624 bits per heavy atom. The molecule has 0 heterocycles. The fourth-order valence-corrected chi connectivity index (χ4v) is 15.7. The number of hydrogen-bond donors (Lipinski definition) is 3. The van der Waals surface area contributed by atoms with Crippen LogP contribution >= 0.6 is 15.6 Å². The van der Waals surface area contributed by atoms with Gasteiger partial charge in [0.25, 0.3) is 0 Å². The van der Waals surface area contributed by atoms with Crippen molar-refractivity contribution in [2.75, 3.05) is 39.6 Å². The van der Waals surface area contributed by atoms with E-state index in [1.54, 1.807) is 0 Å². The average Bonchev–Trinajstić information content (AvgIpc) is 0.899. The second-order valence-electron chi connectivity index (χ2n) is 33.8. The van der Waals surface area contributed by atoms with Crippen LogP contribution in [0.1, 0.15) is 479 Å². The van der Waals surface area contributed by atoms with Crippen LogP contribution in [-0.2, 0) is 65.4 Å². The van der Waals surface area contributed by atoms with E-state index < -0.39 is 97.5 Å². The molecule has 0 aromatic carbocycles. The first-order chi connectivity index (χ1) is 52.7. The third kappa shape index (κ3) is 83.8. The van der Waals surface area contributed by atoms with Crippen molar-refractivity contribution in [2.45, 2.75) is 497 Å². The second-order valence-corrected chi connectivity index (χ2v) is 36.7. The fourth-order valence-electron chi connectivity index (χ4n) is 14.1. The van der Waals surface area contributed by atoms with Gasteiger partial charge in [-0.05, 0) is 43.4 Å². The molecule has 0 aliphatic heterocycles. The largest absolute Gasteiger partial charge is 0.472 e. The first-order valence-electron chi connectivity index (χ1n) is 46.3. The standard InChI is InChI=1S/C90H176O17P2/c1-8-9-10-11-12-13-14-27-36-43-50-57-64-71-87(92)100-78-86(107-90(95)74-67-60-53-46-39-32-35-42-49-56-63-70-83(6)7)80-105-109(98,99)103-76-84(91)75-102-108(96,97)104-79-85(106-89(94)73-66-59-52-45-38-31-26-22-18-16-20-24-29-34-41-48-55-62-69-82(4)5)77-101-88(93)72-65-58-51-44-37-30-25-21-17-15-19-23-28-33-40-47-54-61-68-81(2)3/h81-86,91H,8-80H2,1-7H3,(H,96,97)(H,98,99)/t84-,85-,86-/m1/s1. The van der Waals surface area contributed by atoms with Crippen LogP contribution in [0.2, 0.25) is 0 Å². The number of carbonyl (C=O) groups is 4. The van der Waals surface area contributed by atoms with Gasteiger partial charge >= 0.3 is 39.5 Å². The van der Waals surface area contributed by atoms with Gasteiger partial charge in [0.15, 0.2) is 12.2 Å². The van der Waals surface area contributed by atoms with Gasteiger partial charge < -0.3 is 33.8 Å². The monoisotopic (exact) mass is 1590 g/mol. The number of carbonyl (C=O) groups excluding carboxylic acids is 4. The Labute approximate surface area is 670 Å². The number of aliphatic hydroxyl groups excluding tert-OH is 1. The Bertz CT molecular complexity index is 2100. The lowest BCUT2D eigenvalue weighted by molar-refractivity contribution is -0.161. The second kappa shape index (κ2) is 79.9. The van der Waals surface area contributed by atoms with Gasteiger partial charge in [-0.1, -0.05) is 427 Å². The molecule has 0 fully saturated rings. The third-order valence-electron chi connectivity index (χ3n) is 21.1. The number of rotatable bonds is 88. The zero-order valence-electron chi connectivity index (χ0n) is 72.0. The summed E-state index contributed by atoms with van der Waals surface area (Å²) in [5, 5.41) is 10.7. The minimum absolute atomic E-state index is 0.107. The van der Waals surface area contributed by atoms with Crippen molar-refractivity contribution in [1.29, 1.82) is 0 Å². The minimum atomic E-state index is -4.97. The number of phosphoric acid groups is 2. The van der Waals surface area contributed by atoms with Crippen LogP contribution in [0.5, 0.6) is 0 Å². The van der Waals surface area contributed by atoms with E-state index in [1.165, 1.54) is 289 Å². The van der Waals surface area contributed by atoms with Gasteiger partial charge in [0, 0.05) is 25.7 Å². The van der Waals surface area contributed by atoms with Gasteiger partial charge in [-0.3, -0.25) is 37.3 Å². The molecule has 0 aliphatic rings. The van der Waals surface area contributed by atoms with Crippen LogP contribution in [0, 0.1) is 17.8 Å². The van der Waals surface area contributed by atoms with Crippen LogP contribution < -0.4 is 0 Å². The van der Waals surface area contributed by atoms with Crippen molar-refractivity contribution in [3.63, 3.8) is 0 Å². The Morgan fingerprint density at radius 1 is 0.248 bits per heavy atom. The normalized spacial score (nSPS) is 13.8. The van der Waals surface area contributed by atoms with Crippen molar-refractivity contribution < 1.29 is 80.2 Å². The zero-order valence-corrected chi connectivity index (χ0v) is 73.8.